The summed E-state index contributed by atoms with van der Waals surface area (Å²) >= 11 is 0. The molecule has 0 N–H and O–H groups in total. The van der Waals surface area contributed by atoms with Gasteiger partial charge in [-0.3, -0.25) is 19.4 Å². The predicted octanol–water partition coefficient (Wildman–Crippen LogP) is 3.81. The van der Waals surface area contributed by atoms with Gasteiger partial charge in [0, 0.05) is 11.4 Å². The minimum Gasteiger partial charge on any atom is -0.293 e. The number of carbonyl (C=O) groups is 2. The lowest BCUT2D eigenvalue weighted by atomic mass is 9.93. The summed E-state index contributed by atoms with van der Waals surface area (Å²) in [5.74, 6) is -1.23. The first-order valence-electron chi connectivity index (χ1n) is 8.53. The van der Waals surface area contributed by atoms with Crippen molar-refractivity contribution in [2.45, 2.75) is 5.92 Å². The first-order valence-corrected chi connectivity index (χ1v) is 8.53. The number of para-hydroxylation sites is 2. The Hall–Kier alpha value is -3.40. The van der Waals surface area contributed by atoms with Crippen molar-refractivity contribution < 1.29 is 9.59 Å². The maximum atomic E-state index is 13.2. The molecule has 0 bridgehead atoms. The van der Waals surface area contributed by atoms with Gasteiger partial charge in [0.2, 0.25) is 11.8 Å². The molecule has 0 atom stereocenters. The molecule has 4 rings (SSSR count). The van der Waals surface area contributed by atoms with Gasteiger partial charge in [0.05, 0.1) is 0 Å². The summed E-state index contributed by atoms with van der Waals surface area (Å²) in [7, 11) is 0. The van der Waals surface area contributed by atoms with Crippen LogP contribution in [-0.4, -0.2) is 18.5 Å². The molecule has 3 aromatic rings. The maximum Gasteiger partial charge on any atom is 0.245 e. The Bertz CT molecular complexity index is 853. The quantitative estimate of drug-likeness (QED) is 0.679. The van der Waals surface area contributed by atoms with E-state index in [1.807, 2.05) is 91.0 Å². The highest BCUT2D eigenvalue weighted by molar-refractivity contribution is 6.19. The van der Waals surface area contributed by atoms with Crippen LogP contribution < -0.4 is 9.80 Å². The second-order valence-corrected chi connectivity index (χ2v) is 6.19. The molecule has 0 aromatic heterocycles. The second-order valence-electron chi connectivity index (χ2n) is 6.19. The van der Waals surface area contributed by atoms with Crippen molar-refractivity contribution in [2.75, 3.05) is 16.5 Å². The summed E-state index contributed by atoms with van der Waals surface area (Å²) < 4.78 is 0. The highest BCUT2D eigenvalue weighted by Crippen LogP contribution is 2.32. The van der Waals surface area contributed by atoms with Gasteiger partial charge < -0.3 is 0 Å². The van der Waals surface area contributed by atoms with Gasteiger partial charge in [-0.25, -0.2) is 0 Å². The molecule has 1 saturated heterocycles. The van der Waals surface area contributed by atoms with Crippen LogP contribution in [0.2, 0.25) is 0 Å². The van der Waals surface area contributed by atoms with E-state index in [-0.39, 0.29) is 18.5 Å². The standard InChI is InChI=1S/C22H18N2O2/c25-21-20(17-10-4-1-5-11-17)22(26)24(19-14-8-3-9-15-19)16-23(21)18-12-6-2-7-13-18/h1-15,20H,16H2. The number of anilines is 2. The minimum atomic E-state index is -0.842. The van der Waals surface area contributed by atoms with E-state index in [0.29, 0.717) is 5.56 Å². The fourth-order valence-electron chi connectivity index (χ4n) is 3.26. The first kappa shape index (κ1) is 16.1. The van der Waals surface area contributed by atoms with Crippen molar-refractivity contribution in [3.63, 3.8) is 0 Å². The number of hydrogen-bond donors (Lipinski definition) is 0. The molecule has 4 heteroatoms. The average molecular weight is 342 g/mol. The molecule has 0 aliphatic carbocycles. The van der Waals surface area contributed by atoms with E-state index in [4.69, 9.17) is 0 Å². The monoisotopic (exact) mass is 342 g/mol. The van der Waals surface area contributed by atoms with E-state index in [2.05, 4.69) is 0 Å². The SMILES string of the molecule is O=C1C(c2ccccc2)C(=O)N(c2ccccc2)CN1c1ccccc1. The highest BCUT2D eigenvalue weighted by Gasteiger charge is 2.42. The summed E-state index contributed by atoms with van der Waals surface area (Å²) in [6.07, 6.45) is 0. The number of nitrogens with zero attached hydrogens (tertiary/aromatic N) is 2. The zero-order valence-corrected chi connectivity index (χ0v) is 14.2. The molecule has 26 heavy (non-hydrogen) atoms. The van der Waals surface area contributed by atoms with Gasteiger partial charge >= 0.3 is 0 Å². The molecule has 1 heterocycles. The van der Waals surface area contributed by atoms with Crippen LogP contribution in [-0.2, 0) is 9.59 Å². The summed E-state index contributed by atoms with van der Waals surface area (Å²) in [6.45, 7) is 0.203. The predicted molar refractivity (Wildman–Crippen MR) is 102 cm³/mol. The van der Waals surface area contributed by atoms with E-state index < -0.39 is 5.92 Å². The molecular weight excluding hydrogens is 324 g/mol. The number of benzene rings is 3. The normalized spacial score (nSPS) is 15.4. The van der Waals surface area contributed by atoms with Gasteiger partial charge in [-0.05, 0) is 29.8 Å². The Morgan fingerprint density at radius 2 is 0.962 bits per heavy atom. The number of amides is 2. The van der Waals surface area contributed by atoms with E-state index in [1.165, 1.54) is 0 Å². The number of carbonyl (C=O) groups excluding carboxylic acids is 2. The summed E-state index contributed by atoms with van der Waals surface area (Å²) in [5.41, 5.74) is 2.28. The van der Waals surface area contributed by atoms with Crippen molar-refractivity contribution in [2.24, 2.45) is 0 Å². The van der Waals surface area contributed by atoms with E-state index >= 15 is 0 Å². The maximum absolute atomic E-state index is 13.2. The van der Waals surface area contributed by atoms with Crippen molar-refractivity contribution in [3.05, 3.63) is 96.6 Å². The van der Waals surface area contributed by atoms with Crippen LogP contribution in [0.3, 0.4) is 0 Å². The van der Waals surface area contributed by atoms with E-state index in [1.54, 1.807) is 9.80 Å². The average Bonchev–Trinajstić information content (AvgIpc) is 2.70. The fourth-order valence-corrected chi connectivity index (χ4v) is 3.26. The van der Waals surface area contributed by atoms with Gasteiger partial charge in [0.15, 0.2) is 0 Å². The van der Waals surface area contributed by atoms with Gasteiger partial charge in [0.1, 0.15) is 12.6 Å². The van der Waals surface area contributed by atoms with Crippen LogP contribution in [0.25, 0.3) is 0 Å². The van der Waals surface area contributed by atoms with Crippen molar-refractivity contribution in [3.8, 4) is 0 Å². The summed E-state index contributed by atoms with van der Waals surface area (Å²) in [5, 5.41) is 0. The van der Waals surface area contributed by atoms with Crippen LogP contribution in [0.1, 0.15) is 11.5 Å². The third-order valence-electron chi connectivity index (χ3n) is 4.58. The van der Waals surface area contributed by atoms with Gasteiger partial charge in [-0.2, -0.15) is 0 Å². The largest absolute Gasteiger partial charge is 0.293 e. The second kappa shape index (κ2) is 6.84. The van der Waals surface area contributed by atoms with Crippen LogP contribution in [0.5, 0.6) is 0 Å². The van der Waals surface area contributed by atoms with Crippen LogP contribution in [0, 0.1) is 0 Å². The summed E-state index contributed by atoms with van der Waals surface area (Å²) in [6, 6.07) is 28.2. The highest BCUT2D eigenvalue weighted by atomic mass is 16.2. The van der Waals surface area contributed by atoms with Crippen molar-refractivity contribution in [1.29, 1.82) is 0 Å². The molecule has 0 spiro atoms. The topological polar surface area (TPSA) is 40.6 Å². The molecule has 2 amide bonds. The molecule has 0 radical (unpaired) electrons. The molecule has 3 aromatic carbocycles. The Balaban J connectivity index is 1.80. The lowest BCUT2D eigenvalue weighted by Gasteiger charge is -2.39. The van der Waals surface area contributed by atoms with Crippen LogP contribution in [0.4, 0.5) is 11.4 Å². The molecule has 1 aliphatic heterocycles. The lowest BCUT2D eigenvalue weighted by molar-refractivity contribution is -0.130. The zero-order chi connectivity index (χ0) is 17.9. The third-order valence-corrected chi connectivity index (χ3v) is 4.58. The van der Waals surface area contributed by atoms with Crippen molar-refractivity contribution in [1.82, 2.24) is 0 Å². The van der Waals surface area contributed by atoms with Gasteiger partial charge in [-0.15, -0.1) is 0 Å². The molecule has 4 nitrogen and oxygen atoms in total. The molecular formula is C22H18N2O2. The molecule has 1 aliphatic rings. The van der Waals surface area contributed by atoms with Crippen molar-refractivity contribution >= 4 is 23.2 Å². The Kier molecular flexibility index (Phi) is 4.23. The minimum absolute atomic E-state index is 0.195. The summed E-state index contributed by atoms with van der Waals surface area (Å²) in [4.78, 5) is 29.7. The zero-order valence-electron chi connectivity index (χ0n) is 14.2. The van der Waals surface area contributed by atoms with Gasteiger partial charge in [0.25, 0.3) is 0 Å². The fraction of sp³-hybridized carbons (Fsp3) is 0.0909. The molecule has 128 valence electrons. The third kappa shape index (κ3) is 2.86. The Labute approximate surface area is 152 Å². The van der Waals surface area contributed by atoms with Crippen LogP contribution in [0.15, 0.2) is 91.0 Å². The molecule has 1 fully saturated rings. The number of hydrogen-bond acceptors (Lipinski definition) is 2. The number of rotatable bonds is 3. The first-order chi connectivity index (χ1) is 12.8. The molecule has 0 saturated carbocycles. The smallest absolute Gasteiger partial charge is 0.245 e. The van der Waals surface area contributed by atoms with Gasteiger partial charge in [-0.1, -0.05) is 66.7 Å². The lowest BCUT2D eigenvalue weighted by Crippen LogP contribution is -2.56. The van der Waals surface area contributed by atoms with Crippen LogP contribution >= 0.6 is 0 Å². The van der Waals surface area contributed by atoms with E-state index in [0.717, 1.165) is 11.4 Å². The molecule has 0 unspecified atom stereocenters. The van der Waals surface area contributed by atoms with E-state index in [9.17, 15) is 9.59 Å². The Morgan fingerprint density at radius 3 is 1.38 bits per heavy atom. The Morgan fingerprint density at radius 1 is 0.577 bits per heavy atom.